The minimum absolute atomic E-state index is 0.0154. The highest BCUT2D eigenvalue weighted by molar-refractivity contribution is 6.03. The summed E-state index contributed by atoms with van der Waals surface area (Å²) in [7, 11) is 0. The molecule has 17 heteroatoms. The summed E-state index contributed by atoms with van der Waals surface area (Å²) in [6, 6.07) is 5.66. The van der Waals surface area contributed by atoms with Crippen LogP contribution < -0.4 is 22.1 Å². The number of nitrogens with two attached hydrogens (primary N) is 2. The molecule has 3 amide bonds. The average Bonchev–Trinajstić information content (AvgIpc) is 3.65. The number of primary amides is 2. The lowest BCUT2D eigenvalue weighted by molar-refractivity contribution is -0.432. The van der Waals surface area contributed by atoms with Gasteiger partial charge in [-0.3, -0.25) is 44.7 Å². The van der Waals surface area contributed by atoms with Gasteiger partial charge in [0.05, 0.1) is 34.9 Å². The van der Waals surface area contributed by atoms with E-state index in [0.29, 0.717) is 55.2 Å². The van der Waals surface area contributed by atoms with E-state index < -0.39 is 34.8 Å². The van der Waals surface area contributed by atoms with Crippen molar-refractivity contribution in [2.45, 2.75) is 45.5 Å². The van der Waals surface area contributed by atoms with Crippen LogP contribution in [0.3, 0.4) is 0 Å². The van der Waals surface area contributed by atoms with Crippen molar-refractivity contribution in [2.75, 3.05) is 51.3 Å². The SMILES string of the molecule is CCn1nc(C)cc1C(=O)Nc1nc2cc(C(N)=O)ccc2n1C/C=C/CNC1C([N+](=O)[O-])=CC(C(N)=O)=CC1OCCCN1CCOCC1. The molecule has 1 aromatic carbocycles. The summed E-state index contributed by atoms with van der Waals surface area (Å²) in [5, 5.41) is 22.4. The van der Waals surface area contributed by atoms with Crippen molar-refractivity contribution in [3.05, 3.63) is 86.9 Å². The highest BCUT2D eigenvalue weighted by atomic mass is 16.6. The van der Waals surface area contributed by atoms with Gasteiger partial charge in [-0.05, 0) is 50.6 Å². The van der Waals surface area contributed by atoms with Crippen LogP contribution in [0, 0.1) is 17.0 Å². The van der Waals surface area contributed by atoms with Gasteiger partial charge >= 0.3 is 0 Å². The number of amides is 3. The molecule has 17 nitrogen and oxygen atoms in total. The molecule has 0 spiro atoms. The van der Waals surface area contributed by atoms with Gasteiger partial charge in [0.15, 0.2) is 0 Å². The predicted molar refractivity (Wildman–Crippen MR) is 184 cm³/mol. The summed E-state index contributed by atoms with van der Waals surface area (Å²) in [5.74, 6) is -1.55. The minimum atomic E-state index is -0.857. The summed E-state index contributed by atoms with van der Waals surface area (Å²) < 4.78 is 14.8. The summed E-state index contributed by atoms with van der Waals surface area (Å²) in [4.78, 5) is 55.5. The first-order valence-corrected chi connectivity index (χ1v) is 16.4. The number of nitrogens with one attached hydrogen (secondary N) is 2. The fourth-order valence-electron chi connectivity index (χ4n) is 5.91. The van der Waals surface area contributed by atoms with Crippen LogP contribution in [-0.2, 0) is 27.4 Å². The lowest BCUT2D eigenvalue weighted by atomic mass is 9.96. The van der Waals surface area contributed by atoms with Gasteiger partial charge in [-0.1, -0.05) is 12.2 Å². The Morgan fingerprint density at radius 1 is 1.16 bits per heavy atom. The molecule has 1 aliphatic heterocycles. The second kappa shape index (κ2) is 16.4. The molecule has 50 heavy (non-hydrogen) atoms. The fourth-order valence-corrected chi connectivity index (χ4v) is 5.91. The standard InChI is InChI=1S/C33H42N10O7/c1-3-42-27(17-21(2)39-42)32(46)38-33-37-24-18-22(30(34)44)7-8-25(24)41(33)11-5-4-9-36-29-26(43(47)48)19-23(31(35)45)20-28(29)50-14-6-10-40-12-15-49-16-13-40/h4-5,7-8,17-20,28-29,36H,3,6,9-16H2,1-2H3,(H2,34,44)(H2,35,45)(H,37,38,46)/b5-4+. The maximum atomic E-state index is 13.3. The maximum Gasteiger partial charge on any atom is 0.276 e. The number of allylic oxidation sites excluding steroid dienone is 1. The molecule has 266 valence electrons. The van der Waals surface area contributed by atoms with E-state index in [1.54, 1.807) is 46.5 Å². The number of nitro groups is 1. The van der Waals surface area contributed by atoms with Gasteiger partial charge in [0.1, 0.15) is 17.8 Å². The van der Waals surface area contributed by atoms with Crippen LogP contribution in [-0.4, -0.2) is 105 Å². The molecule has 0 radical (unpaired) electrons. The summed E-state index contributed by atoms with van der Waals surface area (Å²) >= 11 is 0. The van der Waals surface area contributed by atoms with E-state index in [1.807, 2.05) is 13.0 Å². The van der Waals surface area contributed by atoms with E-state index in [1.165, 1.54) is 12.2 Å². The topological polar surface area (TPSA) is 228 Å². The number of nitrogens with zero attached hydrogens (tertiary/aromatic N) is 6. The highest BCUT2D eigenvalue weighted by Gasteiger charge is 2.36. The molecule has 1 aliphatic carbocycles. The molecule has 1 saturated heterocycles. The fraction of sp³-hybridized carbons (Fsp3) is 0.424. The molecular weight excluding hydrogens is 648 g/mol. The van der Waals surface area contributed by atoms with Gasteiger partial charge in [-0.15, -0.1) is 0 Å². The van der Waals surface area contributed by atoms with Crippen molar-refractivity contribution in [3.8, 4) is 0 Å². The molecule has 6 N–H and O–H groups in total. The third kappa shape index (κ3) is 8.67. The van der Waals surface area contributed by atoms with Crippen LogP contribution in [0.2, 0.25) is 0 Å². The number of imidazole rings is 1. The number of anilines is 1. The van der Waals surface area contributed by atoms with E-state index in [-0.39, 0.29) is 35.9 Å². The summed E-state index contributed by atoms with van der Waals surface area (Å²) in [6.45, 7) is 8.78. The Morgan fingerprint density at radius 2 is 1.94 bits per heavy atom. The van der Waals surface area contributed by atoms with E-state index in [0.717, 1.165) is 19.6 Å². The average molecular weight is 691 g/mol. The smallest absolute Gasteiger partial charge is 0.276 e. The molecule has 5 rings (SSSR count). The van der Waals surface area contributed by atoms with Crippen molar-refractivity contribution in [1.29, 1.82) is 0 Å². The second-order valence-electron chi connectivity index (χ2n) is 11.9. The molecule has 2 unspecified atom stereocenters. The zero-order valence-electron chi connectivity index (χ0n) is 28.0. The van der Waals surface area contributed by atoms with Crippen LogP contribution in [0.4, 0.5) is 5.95 Å². The van der Waals surface area contributed by atoms with E-state index in [2.05, 4.69) is 25.6 Å². The zero-order valence-corrected chi connectivity index (χ0v) is 28.0. The van der Waals surface area contributed by atoms with Gasteiger partial charge < -0.3 is 25.5 Å². The van der Waals surface area contributed by atoms with Crippen LogP contribution in [0.15, 0.2) is 59.8 Å². The Kier molecular flexibility index (Phi) is 11.9. The van der Waals surface area contributed by atoms with Crippen LogP contribution in [0.5, 0.6) is 0 Å². The molecule has 0 saturated carbocycles. The van der Waals surface area contributed by atoms with Crippen molar-refractivity contribution in [1.82, 2.24) is 29.5 Å². The van der Waals surface area contributed by atoms with Crippen molar-refractivity contribution in [3.63, 3.8) is 0 Å². The molecule has 2 atom stereocenters. The van der Waals surface area contributed by atoms with Crippen molar-refractivity contribution >= 4 is 34.7 Å². The lowest BCUT2D eigenvalue weighted by Gasteiger charge is -2.28. The first kappa shape index (κ1) is 36.1. The first-order valence-electron chi connectivity index (χ1n) is 16.4. The number of aromatic nitrogens is 4. The minimum Gasteiger partial charge on any atom is -0.379 e. The first-order chi connectivity index (χ1) is 24.0. The van der Waals surface area contributed by atoms with Crippen molar-refractivity contribution < 1.29 is 28.8 Å². The van der Waals surface area contributed by atoms with E-state index in [9.17, 15) is 24.5 Å². The quantitative estimate of drug-likeness (QED) is 0.0721. The normalized spacial score (nSPS) is 18.3. The van der Waals surface area contributed by atoms with E-state index >= 15 is 0 Å². The Morgan fingerprint density at radius 3 is 2.64 bits per heavy atom. The number of benzene rings is 1. The molecule has 0 bridgehead atoms. The molecule has 3 heterocycles. The lowest BCUT2D eigenvalue weighted by Crippen LogP contribution is -2.46. The molecule has 3 aromatic rings. The number of hydrogen-bond donors (Lipinski definition) is 4. The molecule has 2 aromatic heterocycles. The van der Waals surface area contributed by atoms with Gasteiger partial charge in [0, 0.05) is 63.1 Å². The Bertz CT molecular complexity index is 1840. The van der Waals surface area contributed by atoms with Crippen LogP contribution >= 0.6 is 0 Å². The summed E-state index contributed by atoms with van der Waals surface area (Å²) in [5.41, 5.74) is 13.2. The summed E-state index contributed by atoms with van der Waals surface area (Å²) in [6.07, 6.45) is 6.18. The van der Waals surface area contributed by atoms with Gasteiger partial charge in [-0.25, -0.2) is 4.98 Å². The monoisotopic (exact) mass is 690 g/mol. The molecular formula is C33H42N10O7. The van der Waals surface area contributed by atoms with Gasteiger partial charge in [0.25, 0.3) is 11.6 Å². The number of ether oxygens (including phenoxy) is 2. The number of morpholine rings is 1. The van der Waals surface area contributed by atoms with Crippen molar-refractivity contribution in [2.24, 2.45) is 11.5 Å². The number of hydrogen-bond acceptors (Lipinski definition) is 11. The predicted octanol–water partition coefficient (Wildman–Crippen LogP) is 1.12. The molecule has 2 aliphatic rings. The van der Waals surface area contributed by atoms with E-state index in [4.69, 9.17) is 20.9 Å². The third-order valence-electron chi connectivity index (χ3n) is 8.43. The van der Waals surface area contributed by atoms with Crippen LogP contribution in [0.1, 0.15) is 39.9 Å². The Balaban J connectivity index is 1.30. The van der Waals surface area contributed by atoms with Crippen LogP contribution in [0.25, 0.3) is 11.0 Å². The number of aryl methyl sites for hydroxylation is 2. The largest absolute Gasteiger partial charge is 0.379 e. The number of carbonyl (C=O) groups is 3. The number of rotatable bonds is 16. The number of fused-ring (bicyclic) bond motifs is 1. The zero-order chi connectivity index (χ0) is 35.8. The van der Waals surface area contributed by atoms with Gasteiger partial charge in [-0.2, -0.15) is 5.10 Å². The second-order valence-corrected chi connectivity index (χ2v) is 11.9. The third-order valence-corrected chi connectivity index (χ3v) is 8.43. The Hall–Kier alpha value is -5.23. The number of carbonyl (C=O) groups excluding carboxylic acids is 3. The Labute approximate surface area is 288 Å². The highest BCUT2D eigenvalue weighted by Crippen LogP contribution is 2.24. The van der Waals surface area contributed by atoms with Gasteiger partial charge in [0.2, 0.25) is 17.8 Å². The maximum absolute atomic E-state index is 13.3. The molecule has 1 fully saturated rings.